The van der Waals surface area contributed by atoms with Crippen LogP contribution >= 0.6 is 11.6 Å². The summed E-state index contributed by atoms with van der Waals surface area (Å²) in [6.07, 6.45) is 6.49. The molecule has 0 bridgehead atoms. The summed E-state index contributed by atoms with van der Waals surface area (Å²) in [7, 11) is 1.55. The smallest absolute Gasteiger partial charge is 0.248 e. The molecule has 2 amide bonds. The van der Waals surface area contributed by atoms with Gasteiger partial charge in [-0.15, -0.1) is 0 Å². The van der Waals surface area contributed by atoms with Gasteiger partial charge in [0.1, 0.15) is 18.1 Å². The summed E-state index contributed by atoms with van der Waals surface area (Å²) in [5.74, 6) is 1.12. The Labute approximate surface area is 179 Å². The second kappa shape index (κ2) is 8.63. The molecule has 2 aliphatic rings. The summed E-state index contributed by atoms with van der Waals surface area (Å²) in [5.41, 5.74) is 3.05. The van der Waals surface area contributed by atoms with Crippen LogP contribution in [0.1, 0.15) is 18.4 Å². The third-order valence-corrected chi connectivity index (χ3v) is 5.20. The SMILES string of the molecule is COc1cc(NC(=O)/C=C/C2=Cc3cc(Cl)ccc3OC2)ccc1N1CCCC1=O. The lowest BCUT2D eigenvalue weighted by Gasteiger charge is -2.19. The molecule has 0 aromatic heterocycles. The number of carbonyl (C=O) groups excluding carboxylic acids is 2. The van der Waals surface area contributed by atoms with Gasteiger partial charge in [-0.25, -0.2) is 0 Å². The van der Waals surface area contributed by atoms with Crippen LogP contribution in [0.15, 0.2) is 54.1 Å². The summed E-state index contributed by atoms with van der Waals surface area (Å²) >= 11 is 6.03. The fourth-order valence-corrected chi connectivity index (χ4v) is 3.69. The van der Waals surface area contributed by atoms with Crippen molar-refractivity contribution >= 4 is 40.9 Å². The Kier molecular flexibility index (Phi) is 5.77. The van der Waals surface area contributed by atoms with Crippen LogP contribution in [0.4, 0.5) is 11.4 Å². The van der Waals surface area contributed by atoms with Crippen molar-refractivity contribution in [3.8, 4) is 11.5 Å². The van der Waals surface area contributed by atoms with E-state index in [9.17, 15) is 9.59 Å². The molecule has 0 spiro atoms. The van der Waals surface area contributed by atoms with Gasteiger partial charge in [-0.1, -0.05) is 17.7 Å². The Balaban J connectivity index is 1.44. The second-order valence-corrected chi connectivity index (χ2v) is 7.48. The average molecular weight is 425 g/mol. The number of hydrogen-bond donors (Lipinski definition) is 1. The number of carbonyl (C=O) groups is 2. The van der Waals surface area contributed by atoms with Crippen molar-refractivity contribution in [3.05, 3.63) is 64.7 Å². The predicted octanol–water partition coefficient (Wildman–Crippen LogP) is 4.45. The number of methoxy groups -OCH3 is 1. The maximum Gasteiger partial charge on any atom is 0.248 e. The van der Waals surface area contributed by atoms with Gasteiger partial charge >= 0.3 is 0 Å². The number of benzene rings is 2. The fraction of sp³-hybridized carbons (Fsp3) is 0.217. The van der Waals surface area contributed by atoms with Crippen molar-refractivity contribution in [2.24, 2.45) is 0 Å². The zero-order valence-corrected chi connectivity index (χ0v) is 17.2. The van der Waals surface area contributed by atoms with Gasteiger partial charge in [0.15, 0.2) is 0 Å². The van der Waals surface area contributed by atoms with Gasteiger partial charge in [0, 0.05) is 41.4 Å². The van der Waals surface area contributed by atoms with Crippen LogP contribution in [0.25, 0.3) is 6.08 Å². The van der Waals surface area contributed by atoms with Gasteiger partial charge in [-0.05, 0) is 48.4 Å². The number of halogens is 1. The number of rotatable bonds is 5. The molecule has 2 aromatic carbocycles. The minimum Gasteiger partial charge on any atom is -0.494 e. The van der Waals surface area contributed by atoms with Crippen LogP contribution in [0.3, 0.4) is 0 Å². The molecule has 6 nitrogen and oxygen atoms in total. The second-order valence-electron chi connectivity index (χ2n) is 7.05. The first kappa shape index (κ1) is 20.0. The molecule has 0 atom stereocenters. The van der Waals surface area contributed by atoms with Gasteiger partial charge in [0.25, 0.3) is 0 Å². The highest BCUT2D eigenvalue weighted by atomic mass is 35.5. The highest BCUT2D eigenvalue weighted by Gasteiger charge is 2.24. The monoisotopic (exact) mass is 424 g/mol. The molecule has 0 unspecified atom stereocenters. The maximum absolute atomic E-state index is 12.4. The van der Waals surface area contributed by atoms with Crippen LogP contribution in [0.5, 0.6) is 11.5 Å². The number of anilines is 2. The van der Waals surface area contributed by atoms with Crippen LogP contribution < -0.4 is 19.7 Å². The van der Waals surface area contributed by atoms with E-state index in [1.165, 1.54) is 6.08 Å². The third kappa shape index (κ3) is 4.33. The zero-order chi connectivity index (χ0) is 21.1. The Morgan fingerprint density at radius 3 is 2.90 bits per heavy atom. The third-order valence-electron chi connectivity index (χ3n) is 4.97. The fourth-order valence-electron chi connectivity index (χ4n) is 3.51. The summed E-state index contributed by atoms with van der Waals surface area (Å²) < 4.78 is 11.1. The van der Waals surface area contributed by atoms with Gasteiger partial charge in [0.05, 0.1) is 12.8 Å². The molecular weight excluding hydrogens is 404 g/mol. The number of amides is 2. The average Bonchev–Trinajstić information content (AvgIpc) is 3.17. The Morgan fingerprint density at radius 1 is 1.27 bits per heavy atom. The van der Waals surface area contributed by atoms with E-state index >= 15 is 0 Å². The molecular formula is C23H21ClN2O4. The van der Waals surface area contributed by atoms with Crippen molar-refractivity contribution in [1.82, 2.24) is 0 Å². The molecule has 154 valence electrons. The Morgan fingerprint density at radius 2 is 2.13 bits per heavy atom. The molecule has 1 saturated heterocycles. The van der Waals surface area contributed by atoms with E-state index in [-0.39, 0.29) is 11.8 Å². The number of ether oxygens (including phenoxy) is 2. The summed E-state index contributed by atoms with van der Waals surface area (Å²) in [6.45, 7) is 1.06. The van der Waals surface area contributed by atoms with Gasteiger partial charge < -0.3 is 19.7 Å². The molecule has 0 aliphatic carbocycles. The molecule has 4 rings (SSSR count). The number of nitrogens with one attached hydrogen (secondary N) is 1. The first-order valence-electron chi connectivity index (χ1n) is 9.64. The lowest BCUT2D eigenvalue weighted by atomic mass is 10.1. The Hall–Kier alpha value is -3.25. The molecule has 1 N–H and O–H groups in total. The molecule has 30 heavy (non-hydrogen) atoms. The first-order chi connectivity index (χ1) is 14.5. The standard InChI is InChI=1S/C23H21ClN2O4/c1-29-21-13-18(6-7-19(21)26-10-2-3-23(26)28)25-22(27)9-4-15-11-16-12-17(24)5-8-20(16)30-14-15/h4-9,11-13H,2-3,10,14H2,1H3,(H,25,27)/b9-4+. The predicted molar refractivity (Wildman–Crippen MR) is 117 cm³/mol. The first-order valence-corrected chi connectivity index (χ1v) is 10.0. The maximum atomic E-state index is 12.4. The lowest BCUT2D eigenvalue weighted by molar-refractivity contribution is -0.117. The van der Waals surface area contributed by atoms with Crippen molar-refractivity contribution in [2.75, 3.05) is 30.5 Å². The van der Waals surface area contributed by atoms with E-state index in [1.807, 2.05) is 18.2 Å². The number of fused-ring (bicyclic) bond motifs is 1. The van der Waals surface area contributed by atoms with Gasteiger partial charge in [0.2, 0.25) is 11.8 Å². The van der Waals surface area contributed by atoms with E-state index in [4.69, 9.17) is 21.1 Å². The summed E-state index contributed by atoms with van der Waals surface area (Å²) in [5, 5.41) is 3.44. The minimum absolute atomic E-state index is 0.0823. The highest BCUT2D eigenvalue weighted by Crippen LogP contribution is 2.34. The highest BCUT2D eigenvalue weighted by molar-refractivity contribution is 6.30. The van der Waals surface area contributed by atoms with Crippen LogP contribution in [0, 0.1) is 0 Å². The Bertz CT molecular complexity index is 1060. The summed E-state index contributed by atoms with van der Waals surface area (Å²) in [4.78, 5) is 26.1. The topological polar surface area (TPSA) is 67.9 Å². The van der Waals surface area contributed by atoms with Crippen molar-refractivity contribution in [3.63, 3.8) is 0 Å². The van der Waals surface area contributed by atoms with Crippen LogP contribution in [0.2, 0.25) is 5.02 Å². The van der Waals surface area contributed by atoms with E-state index in [0.717, 1.165) is 29.0 Å². The van der Waals surface area contributed by atoms with Crippen molar-refractivity contribution in [1.29, 1.82) is 0 Å². The molecule has 2 aromatic rings. The van der Waals surface area contributed by atoms with Gasteiger partial charge in [-0.3, -0.25) is 9.59 Å². The molecule has 2 heterocycles. The number of hydrogen-bond acceptors (Lipinski definition) is 4. The largest absolute Gasteiger partial charge is 0.494 e. The molecule has 7 heteroatoms. The van der Waals surface area contributed by atoms with E-state index in [0.29, 0.717) is 36.0 Å². The normalized spacial score (nSPS) is 15.6. The zero-order valence-electron chi connectivity index (χ0n) is 16.5. The molecule has 2 aliphatic heterocycles. The van der Waals surface area contributed by atoms with Crippen LogP contribution in [-0.4, -0.2) is 32.1 Å². The van der Waals surface area contributed by atoms with E-state index in [1.54, 1.807) is 42.4 Å². The summed E-state index contributed by atoms with van der Waals surface area (Å²) in [6, 6.07) is 10.7. The molecule has 0 saturated carbocycles. The van der Waals surface area contributed by atoms with Gasteiger partial charge in [-0.2, -0.15) is 0 Å². The molecule has 1 fully saturated rings. The quantitative estimate of drug-likeness (QED) is 0.720. The van der Waals surface area contributed by atoms with E-state index < -0.39 is 0 Å². The van der Waals surface area contributed by atoms with Crippen molar-refractivity contribution in [2.45, 2.75) is 12.8 Å². The lowest BCUT2D eigenvalue weighted by Crippen LogP contribution is -2.24. The van der Waals surface area contributed by atoms with E-state index in [2.05, 4.69) is 5.32 Å². The minimum atomic E-state index is -0.278. The number of nitrogens with zero attached hydrogens (tertiary/aromatic N) is 1. The van der Waals surface area contributed by atoms with Crippen LogP contribution in [-0.2, 0) is 9.59 Å². The van der Waals surface area contributed by atoms with Crippen molar-refractivity contribution < 1.29 is 19.1 Å². The molecule has 0 radical (unpaired) electrons.